The summed E-state index contributed by atoms with van der Waals surface area (Å²) in [6, 6.07) is 1.22. The standard InChI is InChI=1S/C33H37ClF5N7O4/c1-31(2,3)50-30(47)45-11-16-14-48-28-22-26(24(36)25(41-28)19-8-18(40)9-20(34)23(19)33(37,38)39)42-29(43-27(22)44(4)21(16)13-45)49-15-32-6-5-7-46(32)12-17(35)10-32/h8-9,16-17,21H,5-7,10-15,40H2,1-4H3/t16?,17-,21?,32+/m1/s1. The van der Waals surface area contributed by atoms with Crippen molar-refractivity contribution in [3.8, 4) is 23.1 Å². The van der Waals surface area contributed by atoms with Gasteiger partial charge >= 0.3 is 18.3 Å². The van der Waals surface area contributed by atoms with Crippen molar-refractivity contribution >= 4 is 40.1 Å². The highest BCUT2D eigenvalue weighted by Crippen LogP contribution is 2.47. The first-order valence-corrected chi connectivity index (χ1v) is 16.8. The number of aromatic nitrogens is 3. The lowest BCUT2D eigenvalue weighted by molar-refractivity contribution is -0.137. The molecule has 4 aliphatic heterocycles. The number of pyridine rings is 1. The molecule has 0 radical (unpaired) electrons. The van der Waals surface area contributed by atoms with Gasteiger partial charge in [-0.15, -0.1) is 0 Å². The Morgan fingerprint density at radius 3 is 2.64 bits per heavy atom. The maximum atomic E-state index is 16.8. The Bertz CT molecular complexity index is 1860. The largest absolute Gasteiger partial charge is 0.477 e. The Morgan fingerprint density at radius 2 is 1.92 bits per heavy atom. The number of anilines is 2. The molecule has 2 aromatic heterocycles. The fraction of sp³-hybridized carbons (Fsp3) is 0.576. The van der Waals surface area contributed by atoms with Crippen LogP contribution in [0.25, 0.3) is 22.2 Å². The van der Waals surface area contributed by atoms with Gasteiger partial charge in [0.1, 0.15) is 40.8 Å². The van der Waals surface area contributed by atoms with Gasteiger partial charge in [0.2, 0.25) is 5.88 Å². The Hall–Kier alpha value is -3.92. The summed E-state index contributed by atoms with van der Waals surface area (Å²) in [6.07, 6.45) is -4.75. The van der Waals surface area contributed by atoms with E-state index in [2.05, 4.69) is 15.0 Å². The molecule has 270 valence electrons. The second-order valence-corrected chi connectivity index (χ2v) is 15.0. The molecule has 4 atom stereocenters. The first-order valence-electron chi connectivity index (χ1n) is 16.4. The second-order valence-electron chi connectivity index (χ2n) is 14.6. The van der Waals surface area contributed by atoms with Gasteiger partial charge in [-0.3, -0.25) is 4.90 Å². The molecule has 0 spiro atoms. The van der Waals surface area contributed by atoms with E-state index < -0.39 is 62.8 Å². The van der Waals surface area contributed by atoms with Gasteiger partial charge in [0, 0.05) is 50.3 Å². The molecule has 1 amide bonds. The molecule has 17 heteroatoms. The molecule has 6 heterocycles. The minimum Gasteiger partial charge on any atom is -0.477 e. The van der Waals surface area contributed by atoms with Gasteiger partial charge in [-0.05, 0) is 52.3 Å². The van der Waals surface area contributed by atoms with E-state index in [1.54, 1.807) is 32.7 Å². The van der Waals surface area contributed by atoms with Crippen LogP contribution in [0.4, 0.5) is 38.3 Å². The number of nitrogens with zero attached hydrogens (tertiary/aromatic N) is 6. The number of halogens is 6. The Kier molecular flexibility index (Phi) is 8.36. The van der Waals surface area contributed by atoms with Crippen molar-refractivity contribution in [1.82, 2.24) is 24.8 Å². The number of carbonyl (C=O) groups excluding carboxylic acids is 1. The van der Waals surface area contributed by atoms with Gasteiger partial charge in [-0.2, -0.15) is 23.1 Å². The number of rotatable bonds is 4. The topological polar surface area (TPSA) is 119 Å². The highest BCUT2D eigenvalue weighted by molar-refractivity contribution is 6.32. The predicted octanol–water partition coefficient (Wildman–Crippen LogP) is 6.10. The van der Waals surface area contributed by atoms with Crippen molar-refractivity contribution in [2.24, 2.45) is 5.92 Å². The average molecular weight is 726 g/mol. The van der Waals surface area contributed by atoms with Gasteiger partial charge in [0.15, 0.2) is 5.82 Å². The van der Waals surface area contributed by atoms with E-state index >= 15 is 4.39 Å². The zero-order valence-corrected chi connectivity index (χ0v) is 28.7. The summed E-state index contributed by atoms with van der Waals surface area (Å²) in [5, 5.41) is -0.729. The zero-order chi connectivity index (χ0) is 35.9. The summed E-state index contributed by atoms with van der Waals surface area (Å²) in [4.78, 5) is 31.7. The van der Waals surface area contributed by atoms with Crippen LogP contribution in [0.15, 0.2) is 12.1 Å². The number of benzene rings is 1. The van der Waals surface area contributed by atoms with E-state index in [9.17, 15) is 22.4 Å². The molecule has 0 saturated carbocycles. The minimum atomic E-state index is -4.99. The molecule has 2 N–H and O–H groups in total. The van der Waals surface area contributed by atoms with Crippen LogP contribution in [-0.2, 0) is 10.9 Å². The highest BCUT2D eigenvalue weighted by atomic mass is 35.5. The number of hydrogen-bond donors (Lipinski definition) is 1. The van der Waals surface area contributed by atoms with Gasteiger partial charge in [0.05, 0.1) is 28.8 Å². The van der Waals surface area contributed by atoms with E-state index in [1.165, 1.54) is 4.90 Å². The molecule has 7 rings (SSSR count). The lowest BCUT2D eigenvalue weighted by Gasteiger charge is -2.33. The van der Waals surface area contributed by atoms with Crippen LogP contribution in [-0.4, -0.2) is 101 Å². The average Bonchev–Trinajstić information content (AvgIpc) is 3.68. The minimum absolute atomic E-state index is 0.00386. The van der Waals surface area contributed by atoms with Crippen LogP contribution in [0.2, 0.25) is 5.02 Å². The third kappa shape index (κ3) is 6.07. The number of carbonyl (C=O) groups is 1. The van der Waals surface area contributed by atoms with Crippen molar-refractivity contribution in [2.75, 3.05) is 57.1 Å². The summed E-state index contributed by atoms with van der Waals surface area (Å²) in [5.41, 5.74) is 1.26. The fourth-order valence-corrected chi connectivity index (χ4v) is 8.07. The Labute approximate surface area is 289 Å². The molecule has 0 bridgehead atoms. The molecule has 11 nitrogen and oxygen atoms in total. The van der Waals surface area contributed by atoms with Gasteiger partial charge in [-0.1, -0.05) is 11.6 Å². The Morgan fingerprint density at radius 1 is 1.16 bits per heavy atom. The molecule has 3 saturated heterocycles. The normalized spacial score (nSPS) is 25.3. The number of nitrogens with two attached hydrogens (primary N) is 1. The number of alkyl halides is 4. The number of likely N-dealkylation sites (N-methyl/N-ethyl adjacent to an activating group) is 1. The Balaban J connectivity index is 1.37. The number of fused-ring (bicyclic) bond motifs is 2. The molecule has 0 aliphatic carbocycles. The first kappa shape index (κ1) is 34.5. The fourth-order valence-electron chi connectivity index (χ4n) is 7.73. The summed E-state index contributed by atoms with van der Waals surface area (Å²) >= 11 is 6.03. The summed E-state index contributed by atoms with van der Waals surface area (Å²) < 4.78 is 92.3. The van der Waals surface area contributed by atoms with Crippen molar-refractivity contribution in [2.45, 2.75) is 69.6 Å². The SMILES string of the molecule is CN1c2nc(OC[C@@]34CCCN3C[C@H](F)C4)nc3c(F)c(-c4cc(N)cc(Cl)c4C(F)(F)F)nc(c23)OCC2CN(C(=O)OC(C)(C)C)CC21. The maximum Gasteiger partial charge on any atom is 0.418 e. The van der Waals surface area contributed by atoms with Crippen molar-refractivity contribution in [3.63, 3.8) is 0 Å². The number of likely N-dealkylation sites (tertiary alicyclic amines) is 1. The summed E-state index contributed by atoms with van der Waals surface area (Å²) in [5.74, 6) is -1.62. The van der Waals surface area contributed by atoms with Crippen LogP contribution >= 0.6 is 11.6 Å². The molecule has 4 aliphatic rings. The van der Waals surface area contributed by atoms with Crippen LogP contribution in [0.5, 0.6) is 11.9 Å². The molecule has 1 aromatic carbocycles. The molecule has 3 aromatic rings. The second kappa shape index (κ2) is 12.1. The van der Waals surface area contributed by atoms with Gasteiger partial charge in [0.25, 0.3) is 0 Å². The summed E-state index contributed by atoms with van der Waals surface area (Å²) in [6.45, 7) is 6.72. The molecule has 50 heavy (non-hydrogen) atoms. The third-order valence-electron chi connectivity index (χ3n) is 9.92. The first-order chi connectivity index (χ1) is 23.4. The number of hydrogen-bond acceptors (Lipinski definition) is 10. The molecular formula is C33H37ClF5N7O4. The van der Waals surface area contributed by atoms with Crippen molar-refractivity contribution in [3.05, 3.63) is 28.5 Å². The zero-order valence-electron chi connectivity index (χ0n) is 27.9. The van der Waals surface area contributed by atoms with Crippen LogP contribution in [0.1, 0.15) is 45.6 Å². The number of nitrogen functional groups attached to an aromatic ring is 1. The van der Waals surface area contributed by atoms with Crippen molar-refractivity contribution in [1.29, 1.82) is 0 Å². The maximum absolute atomic E-state index is 16.8. The number of ether oxygens (including phenoxy) is 3. The van der Waals surface area contributed by atoms with E-state index in [4.69, 9.17) is 31.5 Å². The number of amides is 1. The van der Waals surface area contributed by atoms with Gasteiger partial charge < -0.3 is 29.7 Å². The monoisotopic (exact) mass is 725 g/mol. The van der Waals surface area contributed by atoms with E-state index in [-0.39, 0.29) is 80.0 Å². The quantitative estimate of drug-likeness (QED) is 0.250. The van der Waals surface area contributed by atoms with Crippen LogP contribution < -0.4 is 20.1 Å². The lowest BCUT2D eigenvalue weighted by Crippen LogP contribution is -2.44. The van der Waals surface area contributed by atoms with Crippen molar-refractivity contribution < 1.29 is 41.0 Å². The third-order valence-corrected chi connectivity index (χ3v) is 10.2. The lowest BCUT2D eigenvalue weighted by atomic mass is 9.95. The van der Waals surface area contributed by atoms with E-state index in [0.717, 1.165) is 18.6 Å². The molecule has 3 fully saturated rings. The summed E-state index contributed by atoms with van der Waals surface area (Å²) in [7, 11) is 1.71. The predicted molar refractivity (Wildman–Crippen MR) is 175 cm³/mol. The van der Waals surface area contributed by atoms with Gasteiger partial charge in [-0.25, -0.2) is 18.6 Å². The molecule has 2 unspecified atom stereocenters. The highest BCUT2D eigenvalue weighted by Gasteiger charge is 2.50. The van der Waals surface area contributed by atoms with E-state index in [1.807, 2.05) is 4.90 Å². The molecular weight excluding hydrogens is 689 g/mol. The van der Waals surface area contributed by atoms with Crippen LogP contribution in [0, 0.1) is 11.7 Å². The smallest absolute Gasteiger partial charge is 0.418 e. The van der Waals surface area contributed by atoms with E-state index in [0.29, 0.717) is 13.0 Å². The van der Waals surface area contributed by atoms with Crippen LogP contribution in [0.3, 0.4) is 0 Å².